The first-order valence-electron chi connectivity index (χ1n) is 6.83. The summed E-state index contributed by atoms with van der Waals surface area (Å²) in [5.41, 5.74) is 8.50. The van der Waals surface area contributed by atoms with Gasteiger partial charge in [-0.1, -0.05) is 13.8 Å². The molecule has 19 heavy (non-hydrogen) atoms. The number of aromatic nitrogens is 1. The van der Waals surface area contributed by atoms with E-state index < -0.39 is 0 Å². The number of rotatable bonds is 5. The van der Waals surface area contributed by atoms with Gasteiger partial charge in [0.1, 0.15) is 11.7 Å². The Bertz CT molecular complexity index is 463. The van der Waals surface area contributed by atoms with Crippen LogP contribution in [-0.2, 0) is 0 Å². The van der Waals surface area contributed by atoms with Crippen LogP contribution >= 0.6 is 0 Å². The van der Waals surface area contributed by atoms with Crippen LogP contribution in [0.15, 0.2) is 6.07 Å². The Kier molecular flexibility index (Phi) is 4.92. The van der Waals surface area contributed by atoms with E-state index in [9.17, 15) is 0 Å². The number of hydrogen-bond acceptors (Lipinski definition) is 3. The van der Waals surface area contributed by atoms with Gasteiger partial charge in [-0.3, -0.25) is 5.41 Å². The van der Waals surface area contributed by atoms with Crippen LogP contribution in [-0.4, -0.2) is 23.4 Å². The summed E-state index contributed by atoms with van der Waals surface area (Å²) >= 11 is 0. The van der Waals surface area contributed by atoms with Gasteiger partial charge >= 0.3 is 0 Å². The van der Waals surface area contributed by atoms with Gasteiger partial charge in [0.05, 0.1) is 5.56 Å². The summed E-state index contributed by atoms with van der Waals surface area (Å²) in [4.78, 5) is 6.87. The van der Waals surface area contributed by atoms with Crippen LogP contribution in [0.1, 0.15) is 44.5 Å². The second-order valence-electron chi connectivity index (χ2n) is 5.83. The maximum Gasteiger partial charge on any atom is 0.140 e. The fourth-order valence-electron chi connectivity index (χ4n) is 2.29. The lowest BCUT2D eigenvalue weighted by atomic mass is 10.1. The number of aryl methyl sites for hydroxylation is 2. The lowest BCUT2D eigenvalue weighted by molar-refractivity contribution is 0.565. The minimum Gasteiger partial charge on any atom is -0.384 e. The van der Waals surface area contributed by atoms with Gasteiger partial charge in [0.2, 0.25) is 0 Å². The summed E-state index contributed by atoms with van der Waals surface area (Å²) in [6.45, 7) is 13.5. The lowest BCUT2D eigenvalue weighted by Crippen LogP contribution is -2.37. The van der Waals surface area contributed by atoms with Gasteiger partial charge in [-0.2, -0.15) is 0 Å². The Morgan fingerprint density at radius 1 is 1.32 bits per heavy atom. The van der Waals surface area contributed by atoms with Crippen LogP contribution < -0.4 is 10.6 Å². The molecule has 0 spiro atoms. The fraction of sp³-hybridized carbons (Fsp3) is 0.600. The normalized spacial score (nSPS) is 11.2. The van der Waals surface area contributed by atoms with E-state index in [0.29, 0.717) is 12.0 Å². The average molecular weight is 262 g/mol. The minimum atomic E-state index is 0.0920. The highest BCUT2D eigenvalue weighted by Crippen LogP contribution is 2.24. The molecule has 4 heteroatoms. The number of pyridine rings is 1. The van der Waals surface area contributed by atoms with E-state index in [1.165, 1.54) is 0 Å². The van der Waals surface area contributed by atoms with Crippen molar-refractivity contribution in [2.75, 3.05) is 11.4 Å². The van der Waals surface area contributed by atoms with Crippen molar-refractivity contribution in [3.05, 3.63) is 22.9 Å². The van der Waals surface area contributed by atoms with E-state index in [2.05, 4.69) is 37.6 Å². The van der Waals surface area contributed by atoms with Crippen molar-refractivity contribution in [3.8, 4) is 0 Å². The molecule has 0 aliphatic heterocycles. The molecule has 1 aromatic heterocycles. The van der Waals surface area contributed by atoms with Crippen molar-refractivity contribution in [2.24, 2.45) is 11.7 Å². The molecular formula is C15H26N4. The van der Waals surface area contributed by atoms with E-state index in [1.54, 1.807) is 0 Å². The molecule has 0 radical (unpaired) electrons. The lowest BCUT2D eigenvalue weighted by Gasteiger charge is -2.32. The molecule has 0 aliphatic rings. The molecule has 0 aliphatic carbocycles. The number of nitrogens with one attached hydrogen (secondary N) is 1. The van der Waals surface area contributed by atoms with Crippen LogP contribution in [0.4, 0.5) is 5.82 Å². The molecule has 106 valence electrons. The quantitative estimate of drug-likeness (QED) is 0.633. The minimum absolute atomic E-state index is 0.0920. The first kappa shape index (κ1) is 15.5. The van der Waals surface area contributed by atoms with E-state index >= 15 is 0 Å². The molecule has 0 atom stereocenters. The zero-order valence-corrected chi connectivity index (χ0v) is 12.9. The third kappa shape index (κ3) is 3.69. The number of nitrogen functional groups attached to an aromatic ring is 1. The molecule has 1 heterocycles. The zero-order valence-electron chi connectivity index (χ0n) is 12.9. The molecule has 0 amide bonds. The van der Waals surface area contributed by atoms with Gasteiger partial charge < -0.3 is 10.6 Å². The highest BCUT2D eigenvalue weighted by atomic mass is 15.2. The maximum atomic E-state index is 7.82. The van der Waals surface area contributed by atoms with Crippen molar-refractivity contribution in [1.82, 2.24) is 4.98 Å². The molecule has 4 nitrogen and oxygen atoms in total. The zero-order chi connectivity index (χ0) is 14.7. The highest BCUT2D eigenvalue weighted by Gasteiger charge is 2.20. The maximum absolute atomic E-state index is 7.82. The second kappa shape index (κ2) is 6.04. The van der Waals surface area contributed by atoms with Crippen LogP contribution in [0.2, 0.25) is 0 Å². The summed E-state index contributed by atoms with van der Waals surface area (Å²) in [5.74, 6) is 1.47. The Labute approximate surface area is 116 Å². The third-order valence-electron chi connectivity index (χ3n) is 3.05. The van der Waals surface area contributed by atoms with E-state index in [4.69, 9.17) is 11.1 Å². The molecule has 1 rings (SSSR count). The van der Waals surface area contributed by atoms with E-state index in [0.717, 1.165) is 29.2 Å². The van der Waals surface area contributed by atoms with Crippen molar-refractivity contribution in [1.29, 1.82) is 5.41 Å². The Hall–Kier alpha value is -1.58. The molecule has 3 N–H and O–H groups in total. The smallest absolute Gasteiger partial charge is 0.140 e. The summed E-state index contributed by atoms with van der Waals surface area (Å²) in [7, 11) is 0. The monoisotopic (exact) mass is 262 g/mol. The standard InChI is InChI=1S/C15H26N4/c1-9(2)8-19(10(3)4)15-13(14(16)17)11(5)7-12(6)18-15/h7,9-10H,8H2,1-6H3,(H3,16,17). The largest absolute Gasteiger partial charge is 0.384 e. The summed E-state index contributed by atoms with van der Waals surface area (Å²) < 4.78 is 0. The number of amidine groups is 1. The topological polar surface area (TPSA) is 66.0 Å². The third-order valence-corrected chi connectivity index (χ3v) is 3.05. The molecule has 0 saturated heterocycles. The molecular weight excluding hydrogens is 236 g/mol. The molecule has 0 aromatic carbocycles. The molecule has 1 aromatic rings. The Morgan fingerprint density at radius 2 is 1.89 bits per heavy atom. The van der Waals surface area contributed by atoms with Crippen LogP contribution in [0.25, 0.3) is 0 Å². The van der Waals surface area contributed by atoms with Gasteiger partial charge in [-0.25, -0.2) is 4.98 Å². The summed E-state index contributed by atoms with van der Waals surface area (Å²) in [6.07, 6.45) is 0. The molecule has 0 saturated carbocycles. The van der Waals surface area contributed by atoms with Gasteiger partial charge in [-0.05, 0) is 45.2 Å². The molecule has 0 unspecified atom stereocenters. The summed E-state index contributed by atoms with van der Waals surface area (Å²) in [6, 6.07) is 2.31. The fourth-order valence-corrected chi connectivity index (χ4v) is 2.29. The van der Waals surface area contributed by atoms with Crippen molar-refractivity contribution >= 4 is 11.7 Å². The first-order valence-corrected chi connectivity index (χ1v) is 6.83. The molecule has 0 fully saturated rings. The molecule has 0 bridgehead atoms. The average Bonchev–Trinajstić information content (AvgIpc) is 2.23. The highest BCUT2D eigenvalue weighted by molar-refractivity contribution is 6.01. The predicted molar refractivity (Wildman–Crippen MR) is 82.0 cm³/mol. The number of nitrogens with zero attached hydrogens (tertiary/aromatic N) is 2. The van der Waals surface area contributed by atoms with Crippen molar-refractivity contribution in [2.45, 2.75) is 47.6 Å². The van der Waals surface area contributed by atoms with Crippen molar-refractivity contribution in [3.63, 3.8) is 0 Å². The van der Waals surface area contributed by atoms with Crippen LogP contribution in [0.5, 0.6) is 0 Å². The first-order chi connectivity index (χ1) is 8.73. The summed E-state index contributed by atoms with van der Waals surface area (Å²) in [5, 5.41) is 7.82. The number of anilines is 1. The second-order valence-corrected chi connectivity index (χ2v) is 5.83. The Balaban J connectivity index is 3.39. The van der Waals surface area contributed by atoms with Gasteiger partial charge in [0.15, 0.2) is 0 Å². The predicted octanol–water partition coefficient (Wildman–Crippen LogP) is 2.85. The Morgan fingerprint density at radius 3 is 2.32 bits per heavy atom. The van der Waals surface area contributed by atoms with E-state index in [1.807, 2.05) is 19.9 Å². The van der Waals surface area contributed by atoms with Crippen LogP contribution in [0, 0.1) is 25.2 Å². The van der Waals surface area contributed by atoms with Gasteiger partial charge in [0.25, 0.3) is 0 Å². The van der Waals surface area contributed by atoms with Crippen LogP contribution in [0.3, 0.4) is 0 Å². The number of hydrogen-bond donors (Lipinski definition) is 2. The van der Waals surface area contributed by atoms with Gasteiger partial charge in [-0.15, -0.1) is 0 Å². The van der Waals surface area contributed by atoms with Gasteiger partial charge in [0, 0.05) is 18.3 Å². The van der Waals surface area contributed by atoms with E-state index in [-0.39, 0.29) is 5.84 Å². The van der Waals surface area contributed by atoms with Crippen molar-refractivity contribution < 1.29 is 0 Å². The number of nitrogens with two attached hydrogens (primary N) is 1. The SMILES string of the molecule is Cc1cc(C)c(C(=N)N)c(N(CC(C)C)C(C)C)n1.